The molecule has 1 aromatic carbocycles. The van der Waals surface area contributed by atoms with Gasteiger partial charge in [-0.05, 0) is 31.2 Å². The first kappa shape index (κ1) is 12.3. The van der Waals surface area contributed by atoms with Crippen molar-refractivity contribution in [2.45, 2.75) is 19.4 Å². The molecule has 2 rings (SSSR count). The highest BCUT2D eigenvalue weighted by Crippen LogP contribution is 2.23. The van der Waals surface area contributed by atoms with E-state index < -0.39 is 0 Å². The summed E-state index contributed by atoms with van der Waals surface area (Å²) in [7, 11) is 1.97. The number of aryl methyl sites for hydroxylation is 1. The predicted octanol–water partition coefficient (Wildman–Crippen LogP) is 2.98. The molecular formula is C13H16BrN3. The standard InChI is InChI=1S/C13H16BrN3/c1-9-3-4-10(7-11(9)14)12(15-2)8-13-16-5-6-17-13/h3-7,12,15H,8H2,1-2H3,(H,16,17). The number of imidazole rings is 1. The molecule has 1 aromatic heterocycles. The number of benzene rings is 1. The minimum absolute atomic E-state index is 0.276. The molecule has 0 saturated heterocycles. The number of nitrogens with one attached hydrogen (secondary N) is 2. The molecular weight excluding hydrogens is 278 g/mol. The van der Waals surface area contributed by atoms with Gasteiger partial charge in [0.1, 0.15) is 5.82 Å². The van der Waals surface area contributed by atoms with E-state index in [1.165, 1.54) is 11.1 Å². The Balaban J connectivity index is 2.20. The lowest BCUT2D eigenvalue weighted by Gasteiger charge is -2.16. The predicted molar refractivity (Wildman–Crippen MR) is 73.0 cm³/mol. The molecule has 0 bridgehead atoms. The number of hydrogen-bond acceptors (Lipinski definition) is 2. The molecule has 2 N–H and O–H groups in total. The normalized spacial score (nSPS) is 12.6. The minimum Gasteiger partial charge on any atom is -0.349 e. The van der Waals surface area contributed by atoms with Gasteiger partial charge in [0.15, 0.2) is 0 Å². The Kier molecular flexibility index (Phi) is 3.97. The highest BCUT2D eigenvalue weighted by molar-refractivity contribution is 9.10. The summed E-state index contributed by atoms with van der Waals surface area (Å²) in [6.07, 6.45) is 4.50. The summed E-state index contributed by atoms with van der Waals surface area (Å²) in [5, 5.41) is 3.32. The molecule has 0 saturated carbocycles. The third kappa shape index (κ3) is 2.96. The van der Waals surface area contributed by atoms with Gasteiger partial charge >= 0.3 is 0 Å². The Morgan fingerprint density at radius 2 is 2.29 bits per heavy atom. The number of aromatic amines is 1. The van der Waals surface area contributed by atoms with Crippen molar-refractivity contribution in [1.82, 2.24) is 15.3 Å². The van der Waals surface area contributed by atoms with Crippen LogP contribution >= 0.6 is 15.9 Å². The Morgan fingerprint density at radius 3 is 2.88 bits per heavy atom. The molecule has 17 heavy (non-hydrogen) atoms. The Hall–Kier alpha value is -1.13. The van der Waals surface area contributed by atoms with E-state index in [9.17, 15) is 0 Å². The average molecular weight is 294 g/mol. The summed E-state index contributed by atoms with van der Waals surface area (Å²) >= 11 is 3.57. The molecule has 3 nitrogen and oxygen atoms in total. The molecule has 1 unspecified atom stereocenters. The Labute approximate surface area is 110 Å². The van der Waals surface area contributed by atoms with Crippen molar-refractivity contribution in [3.8, 4) is 0 Å². The molecule has 1 heterocycles. The van der Waals surface area contributed by atoms with Gasteiger partial charge in [0, 0.05) is 29.3 Å². The summed E-state index contributed by atoms with van der Waals surface area (Å²) in [6, 6.07) is 6.73. The lowest BCUT2D eigenvalue weighted by atomic mass is 10.0. The van der Waals surface area contributed by atoms with Crippen LogP contribution in [0.15, 0.2) is 35.1 Å². The van der Waals surface area contributed by atoms with Crippen molar-refractivity contribution >= 4 is 15.9 Å². The first-order chi connectivity index (χ1) is 8.20. The second-order valence-electron chi connectivity index (χ2n) is 4.09. The quantitative estimate of drug-likeness (QED) is 0.910. The number of hydrogen-bond donors (Lipinski definition) is 2. The maximum atomic E-state index is 4.26. The molecule has 4 heteroatoms. The molecule has 0 fully saturated rings. The molecule has 1 atom stereocenters. The van der Waals surface area contributed by atoms with Gasteiger partial charge in [-0.1, -0.05) is 28.1 Å². The molecule has 0 radical (unpaired) electrons. The Morgan fingerprint density at radius 1 is 1.47 bits per heavy atom. The first-order valence-corrected chi connectivity index (χ1v) is 6.41. The van der Waals surface area contributed by atoms with E-state index in [0.29, 0.717) is 0 Å². The second-order valence-corrected chi connectivity index (χ2v) is 4.94. The Bertz CT molecular complexity index is 479. The van der Waals surface area contributed by atoms with Crippen LogP contribution in [-0.2, 0) is 6.42 Å². The van der Waals surface area contributed by atoms with Crippen molar-refractivity contribution < 1.29 is 0 Å². The summed E-state index contributed by atoms with van der Waals surface area (Å²) in [4.78, 5) is 7.40. The van der Waals surface area contributed by atoms with Gasteiger partial charge in [0.2, 0.25) is 0 Å². The third-order valence-electron chi connectivity index (χ3n) is 2.90. The van der Waals surface area contributed by atoms with Gasteiger partial charge in [-0.3, -0.25) is 0 Å². The fourth-order valence-electron chi connectivity index (χ4n) is 1.82. The number of likely N-dealkylation sites (N-methyl/N-ethyl adjacent to an activating group) is 1. The number of nitrogens with zero attached hydrogens (tertiary/aromatic N) is 1. The lowest BCUT2D eigenvalue weighted by molar-refractivity contribution is 0.577. The summed E-state index contributed by atoms with van der Waals surface area (Å²) in [5.74, 6) is 1.00. The number of rotatable bonds is 4. The van der Waals surface area contributed by atoms with E-state index in [1.807, 2.05) is 13.2 Å². The van der Waals surface area contributed by atoms with Gasteiger partial charge in [-0.15, -0.1) is 0 Å². The lowest BCUT2D eigenvalue weighted by Crippen LogP contribution is -2.19. The van der Waals surface area contributed by atoms with Crippen LogP contribution in [0.1, 0.15) is 23.0 Å². The van der Waals surface area contributed by atoms with Crippen LogP contribution in [0.3, 0.4) is 0 Å². The second kappa shape index (κ2) is 5.47. The van der Waals surface area contributed by atoms with Crippen molar-refractivity contribution in [3.05, 3.63) is 52.0 Å². The number of H-pyrrole nitrogens is 1. The molecule has 0 aliphatic carbocycles. The first-order valence-electron chi connectivity index (χ1n) is 5.62. The van der Waals surface area contributed by atoms with Gasteiger partial charge in [0.05, 0.1) is 0 Å². The largest absolute Gasteiger partial charge is 0.349 e. The van der Waals surface area contributed by atoms with Crippen LogP contribution in [0, 0.1) is 6.92 Å². The van der Waals surface area contributed by atoms with Crippen LogP contribution in [0.2, 0.25) is 0 Å². The molecule has 2 aromatic rings. The highest BCUT2D eigenvalue weighted by atomic mass is 79.9. The SMILES string of the molecule is CNC(Cc1ncc[nH]1)c1ccc(C)c(Br)c1. The highest BCUT2D eigenvalue weighted by Gasteiger charge is 2.12. The minimum atomic E-state index is 0.276. The van der Waals surface area contributed by atoms with Crippen LogP contribution in [-0.4, -0.2) is 17.0 Å². The number of aromatic nitrogens is 2. The van der Waals surface area contributed by atoms with E-state index in [0.717, 1.165) is 16.7 Å². The van der Waals surface area contributed by atoms with E-state index in [1.54, 1.807) is 6.20 Å². The monoisotopic (exact) mass is 293 g/mol. The van der Waals surface area contributed by atoms with Crippen molar-refractivity contribution in [2.75, 3.05) is 7.05 Å². The van der Waals surface area contributed by atoms with Crippen LogP contribution < -0.4 is 5.32 Å². The van der Waals surface area contributed by atoms with E-state index in [2.05, 4.69) is 56.3 Å². The van der Waals surface area contributed by atoms with Crippen molar-refractivity contribution in [3.63, 3.8) is 0 Å². The fraction of sp³-hybridized carbons (Fsp3) is 0.308. The summed E-state index contributed by atoms with van der Waals surface area (Å²) in [6.45, 7) is 2.09. The summed E-state index contributed by atoms with van der Waals surface area (Å²) < 4.78 is 1.15. The fourth-order valence-corrected chi connectivity index (χ4v) is 2.21. The molecule has 90 valence electrons. The van der Waals surface area contributed by atoms with Crippen LogP contribution in [0.4, 0.5) is 0 Å². The van der Waals surface area contributed by atoms with Gasteiger partial charge in [-0.2, -0.15) is 0 Å². The summed E-state index contributed by atoms with van der Waals surface area (Å²) in [5.41, 5.74) is 2.52. The van der Waals surface area contributed by atoms with Crippen molar-refractivity contribution in [1.29, 1.82) is 0 Å². The van der Waals surface area contributed by atoms with Crippen molar-refractivity contribution in [2.24, 2.45) is 0 Å². The maximum absolute atomic E-state index is 4.26. The number of halogens is 1. The van der Waals surface area contributed by atoms with E-state index >= 15 is 0 Å². The van der Waals surface area contributed by atoms with Crippen LogP contribution in [0.5, 0.6) is 0 Å². The topological polar surface area (TPSA) is 40.7 Å². The van der Waals surface area contributed by atoms with Crippen LogP contribution in [0.25, 0.3) is 0 Å². The zero-order chi connectivity index (χ0) is 12.3. The molecule has 0 aliphatic rings. The average Bonchev–Trinajstić information content (AvgIpc) is 2.82. The van der Waals surface area contributed by atoms with E-state index in [-0.39, 0.29) is 6.04 Å². The zero-order valence-electron chi connectivity index (χ0n) is 10.00. The van der Waals surface area contributed by atoms with Gasteiger partial charge in [-0.25, -0.2) is 4.98 Å². The third-order valence-corrected chi connectivity index (χ3v) is 3.75. The van der Waals surface area contributed by atoms with Gasteiger partial charge in [0.25, 0.3) is 0 Å². The van der Waals surface area contributed by atoms with Gasteiger partial charge < -0.3 is 10.3 Å². The van der Waals surface area contributed by atoms with E-state index in [4.69, 9.17) is 0 Å². The molecule has 0 amide bonds. The maximum Gasteiger partial charge on any atom is 0.107 e. The molecule has 0 aliphatic heterocycles. The smallest absolute Gasteiger partial charge is 0.107 e. The zero-order valence-corrected chi connectivity index (χ0v) is 11.6. The molecule has 0 spiro atoms.